The molecule has 18 heavy (non-hydrogen) atoms. The van der Waals surface area contributed by atoms with Crippen LogP contribution < -0.4 is 0 Å². The molecule has 0 bridgehead atoms. The van der Waals surface area contributed by atoms with Crippen molar-refractivity contribution in [3.8, 4) is 0 Å². The first-order chi connectivity index (χ1) is 8.70. The van der Waals surface area contributed by atoms with Gasteiger partial charge in [0.2, 0.25) is 0 Å². The van der Waals surface area contributed by atoms with Crippen LogP contribution in [0.4, 0.5) is 0 Å². The number of aliphatic carboxylic acids is 1. The molecule has 0 saturated carbocycles. The van der Waals surface area contributed by atoms with Gasteiger partial charge in [-0.2, -0.15) is 0 Å². The molecule has 3 nitrogen and oxygen atoms in total. The third-order valence-electron chi connectivity index (χ3n) is 3.92. The number of carbonyl (C=O) groups is 1. The molecule has 94 valence electrons. The first-order valence-electron chi connectivity index (χ1n) is 6.55. The minimum absolute atomic E-state index is 0.379. The Morgan fingerprint density at radius 2 is 2.33 bits per heavy atom. The highest BCUT2D eigenvalue weighted by molar-refractivity contribution is 5.87. The van der Waals surface area contributed by atoms with Crippen LogP contribution in [0.1, 0.15) is 36.8 Å². The predicted octanol–water partition coefficient (Wildman–Crippen LogP) is 3.17. The molecule has 3 heteroatoms. The molecule has 2 heterocycles. The van der Waals surface area contributed by atoms with Crippen LogP contribution in [0.25, 0.3) is 10.9 Å². The van der Waals surface area contributed by atoms with Crippen molar-refractivity contribution in [3.05, 3.63) is 35.5 Å². The zero-order chi connectivity index (χ0) is 12.7. The second-order valence-corrected chi connectivity index (χ2v) is 5.03. The van der Waals surface area contributed by atoms with E-state index in [1.165, 1.54) is 16.5 Å². The third kappa shape index (κ3) is 1.62. The fourth-order valence-electron chi connectivity index (χ4n) is 3.04. The van der Waals surface area contributed by atoms with E-state index in [1.54, 1.807) is 0 Å². The zero-order valence-electron chi connectivity index (χ0n) is 10.5. The van der Waals surface area contributed by atoms with Crippen molar-refractivity contribution in [2.45, 2.75) is 38.6 Å². The summed E-state index contributed by atoms with van der Waals surface area (Å²) in [7, 11) is 0. The van der Waals surface area contributed by atoms with E-state index in [2.05, 4.69) is 22.9 Å². The van der Waals surface area contributed by atoms with Gasteiger partial charge in [0.25, 0.3) is 0 Å². The summed E-state index contributed by atoms with van der Waals surface area (Å²) in [5.74, 6) is -1.10. The highest BCUT2D eigenvalue weighted by atomic mass is 16.4. The summed E-state index contributed by atoms with van der Waals surface area (Å²) in [6.07, 6.45) is 4.95. The van der Waals surface area contributed by atoms with Crippen molar-refractivity contribution in [2.75, 3.05) is 0 Å². The van der Waals surface area contributed by atoms with E-state index in [0.29, 0.717) is 6.42 Å². The molecule has 1 unspecified atom stereocenters. The van der Waals surface area contributed by atoms with Crippen molar-refractivity contribution in [1.29, 1.82) is 0 Å². The maximum atomic E-state index is 11.3. The summed E-state index contributed by atoms with van der Waals surface area (Å²) in [4.78, 5) is 11.3. The van der Waals surface area contributed by atoms with E-state index in [-0.39, 0.29) is 5.92 Å². The molecule has 0 radical (unpaired) electrons. The van der Waals surface area contributed by atoms with Crippen LogP contribution in [-0.2, 0) is 17.8 Å². The lowest BCUT2D eigenvalue weighted by Crippen LogP contribution is -2.12. The van der Waals surface area contributed by atoms with Crippen LogP contribution in [0.2, 0.25) is 0 Å². The molecule has 1 aromatic heterocycles. The second kappa shape index (κ2) is 4.16. The van der Waals surface area contributed by atoms with Crippen molar-refractivity contribution in [2.24, 2.45) is 0 Å². The Morgan fingerprint density at radius 1 is 1.50 bits per heavy atom. The molecule has 0 fully saturated rings. The minimum atomic E-state index is -0.723. The van der Waals surface area contributed by atoms with E-state index in [1.807, 2.05) is 13.0 Å². The number of carboxylic acids is 1. The standard InChI is InChI=1S/C15H17NO2/c1-2-13(15(17)18)12-8-10-4-3-6-16-7-5-11(9-12)14(10)16/h5,7-9,13H,2-4,6H2,1H3,(H,17,18). The highest BCUT2D eigenvalue weighted by Gasteiger charge is 2.21. The van der Waals surface area contributed by atoms with Crippen LogP contribution in [0, 0.1) is 0 Å². The third-order valence-corrected chi connectivity index (χ3v) is 3.92. The van der Waals surface area contributed by atoms with Gasteiger partial charge in [-0.15, -0.1) is 0 Å². The molecule has 0 aliphatic carbocycles. The predicted molar refractivity (Wildman–Crippen MR) is 70.9 cm³/mol. The van der Waals surface area contributed by atoms with Crippen LogP contribution >= 0.6 is 0 Å². The van der Waals surface area contributed by atoms with Crippen LogP contribution in [-0.4, -0.2) is 15.6 Å². The fraction of sp³-hybridized carbons (Fsp3) is 0.400. The van der Waals surface area contributed by atoms with Crippen LogP contribution in [0.15, 0.2) is 24.4 Å². The minimum Gasteiger partial charge on any atom is -0.481 e. The number of aromatic nitrogens is 1. The molecule has 3 rings (SSSR count). The largest absolute Gasteiger partial charge is 0.481 e. The van der Waals surface area contributed by atoms with Gasteiger partial charge in [0, 0.05) is 18.1 Å². The van der Waals surface area contributed by atoms with Gasteiger partial charge >= 0.3 is 5.97 Å². The van der Waals surface area contributed by atoms with E-state index in [4.69, 9.17) is 0 Å². The molecule has 0 amide bonds. The van der Waals surface area contributed by atoms with Crippen molar-refractivity contribution in [1.82, 2.24) is 4.57 Å². The zero-order valence-corrected chi connectivity index (χ0v) is 10.5. The lowest BCUT2D eigenvalue weighted by atomic mass is 9.91. The quantitative estimate of drug-likeness (QED) is 0.899. The Bertz CT molecular complexity index is 612. The summed E-state index contributed by atoms with van der Waals surface area (Å²) in [6.45, 7) is 3.01. The summed E-state index contributed by atoms with van der Waals surface area (Å²) < 4.78 is 2.28. The van der Waals surface area contributed by atoms with Gasteiger partial charge in [0.1, 0.15) is 0 Å². The molecule has 2 aromatic rings. The Morgan fingerprint density at radius 3 is 3.06 bits per heavy atom. The average molecular weight is 243 g/mol. The lowest BCUT2D eigenvalue weighted by molar-refractivity contribution is -0.138. The number of hydrogen-bond donors (Lipinski definition) is 1. The van der Waals surface area contributed by atoms with Crippen molar-refractivity contribution in [3.63, 3.8) is 0 Å². The summed E-state index contributed by atoms with van der Waals surface area (Å²) in [5, 5.41) is 10.5. The summed E-state index contributed by atoms with van der Waals surface area (Å²) in [5.41, 5.74) is 3.55. The van der Waals surface area contributed by atoms with Gasteiger partial charge in [-0.05, 0) is 42.5 Å². The normalized spacial score (nSPS) is 15.8. The SMILES string of the molecule is CCC(C(=O)O)c1cc2c3c(ccn3CCC2)c1. The number of benzene rings is 1. The number of nitrogens with zero attached hydrogens (tertiary/aromatic N) is 1. The van der Waals surface area contributed by atoms with E-state index < -0.39 is 5.97 Å². The molecule has 1 aliphatic heterocycles. The van der Waals surface area contributed by atoms with Gasteiger partial charge < -0.3 is 9.67 Å². The molecular formula is C15H17NO2. The molecule has 1 aromatic carbocycles. The Kier molecular flexibility index (Phi) is 2.62. The molecular weight excluding hydrogens is 226 g/mol. The van der Waals surface area contributed by atoms with Crippen molar-refractivity contribution < 1.29 is 9.90 Å². The topological polar surface area (TPSA) is 42.2 Å². The average Bonchev–Trinajstić information content (AvgIpc) is 2.75. The fourth-order valence-corrected chi connectivity index (χ4v) is 3.04. The number of carboxylic acid groups (broad SMARTS) is 1. The number of rotatable bonds is 3. The molecule has 1 N–H and O–H groups in total. The number of aryl methyl sites for hydroxylation is 2. The molecule has 1 atom stereocenters. The molecule has 0 spiro atoms. The summed E-state index contributed by atoms with van der Waals surface area (Å²) >= 11 is 0. The monoisotopic (exact) mass is 243 g/mol. The van der Waals surface area contributed by atoms with E-state index in [0.717, 1.165) is 24.9 Å². The second-order valence-electron chi connectivity index (χ2n) is 5.03. The van der Waals surface area contributed by atoms with Gasteiger partial charge in [-0.25, -0.2) is 0 Å². The van der Waals surface area contributed by atoms with Crippen LogP contribution in [0.3, 0.4) is 0 Å². The van der Waals surface area contributed by atoms with Gasteiger partial charge in [0.15, 0.2) is 0 Å². The van der Waals surface area contributed by atoms with Crippen molar-refractivity contribution >= 4 is 16.9 Å². The Hall–Kier alpha value is -1.77. The van der Waals surface area contributed by atoms with Gasteiger partial charge in [-0.3, -0.25) is 4.79 Å². The smallest absolute Gasteiger partial charge is 0.310 e. The lowest BCUT2D eigenvalue weighted by Gasteiger charge is -2.18. The van der Waals surface area contributed by atoms with E-state index >= 15 is 0 Å². The maximum absolute atomic E-state index is 11.3. The Balaban J connectivity index is 2.18. The first kappa shape index (κ1) is 11.3. The van der Waals surface area contributed by atoms with Gasteiger partial charge in [-0.1, -0.05) is 13.0 Å². The Labute approximate surface area is 106 Å². The van der Waals surface area contributed by atoms with Crippen LogP contribution in [0.5, 0.6) is 0 Å². The molecule has 0 saturated heterocycles. The molecule has 1 aliphatic rings. The van der Waals surface area contributed by atoms with Gasteiger partial charge in [0.05, 0.1) is 11.4 Å². The van der Waals surface area contributed by atoms with E-state index in [9.17, 15) is 9.90 Å². The summed E-state index contributed by atoms with van der Waals surface area (Å²) in [6, 6.07) is 6.24. The first-order valence-corrected chi connectivity index (χ1v) is 6.55. The number of hydrogen-bond acceptors (Lipinski definition) is 1. The highest BCUT2D eigenvalue weighted by Crippen LogP contribution is 2.31. The maximum Gasteiger partial charge on any atom is 0.310 e.